The van der Waals surface area contributed by atoms with Crippen molar-refractivity contribution in [1.82, 2.24) is 0 Å². The van der Waals surface area contributed by atoms with Gasteiger partial charge in [-0.15, -0.1) is 22.8 Å². The van der Waals surface area contributed by atoms with E-state index >= 15 is 0 Å². The van der Waals surface area contributed by atoms with E-state index < -0.39 is 0 Å². The van der Waals surface area contributed by atoms with Crippen molar-refractivity contribution in [2.45, 2.75) is 0 Å². The van der Waals surface area contributed by atoms with Crippen LogP contribution in [0.1, 0.15) is 0 Å². The molecule has 0 aromatic rings. The van der Waals surface area contributed by atoms with E-state index in [-0.39, 0.29) is 5.68 Å². The first-order valence-corrected chi connectivity index (χ1v) is 7.26. The fourth-order valence-corrected chi connectivity index (χ4v) is 2.01. The second-order valence-corrected chi connectivity index (χ2v) is 9.03. The lowest BCUT2D eigenvalue weighted by Gasteiger charge is -1.94. The molecule has 0 aliphatic heterocycles. The van der Waals surface area contributed by atoms with Crippen LogP contribution in [0.4, 0.5) is 0 Å². The molecule has 6 heavy (non-hydrogen) atoms. The van der Waals surface area contributed by atoms with Crippen molar-refractivity contribution in [3.05, 3.63) is 0 Å². The van der Waals surface area contributed by atoms with Gasteiger partial charge in [0, 0.05) is 0 Å². The number of halogens is 1. The number of rotatable bonds is 2. The van der Waals surface area contributed by atoms with E-state index in [1.54, 1.807) is 22.8 Å². The van der Waals surface area contributed by atoms with E-state index in [9.17, 15) is 0 Å². The molecule has 0 nitrogen and oxygen atoms in total. The topological polar surface area (TPSA) is 0 Å². The van der Waals surface area contributed by atoms with Crippen molar-refractivity contribution in [2.75, 3.05) is 12.5 Å². The molecule has 0 spiro atoms. The zero-order chi connectivity index (χ0) is 4.99. The van der Waals surface area contributed by atoms with Crippen molar-refractivity contribution < 1.29 is 0 Å². The lowest BCUT2D eigenvalue weighted by Crippen LogP contribution is -1.36. The summed E-state index contributed by atoms with van der Waals surface area (Å²) in [4.78, 5) is 0. The minimum Gasteiger partial charge on any atom is -0.111 e. The lowest BCUT2D eigenvalue weighted by molar-refractivity contribution is 2.53. The molecule has 0 saturated carbocycles. The third-order valence-electron chi connectivity index (χ3n) is 0.287. The van der Waals surface area contributed by atoms with Gasteiger partial charge in [0.15, 0.2) is 0 Å². The van der Waals surface area contributed by atoms with E-state index in [2.05, 4.69) is 0 Å². The maximum Gasteiger partial charge on any atom is 0.109 e. The van der Waals surface area contributed by atoms with Crippen molar-refractivity contribution in [3.8, 4) is 0 Å². The summed E-state index contributed by atoms with van der Waals surface area (Å²) in [7, 11) is 0. The van der Waals surface area contributed by atoms with E-state index in [0.717, 1.165) is 0 Å². The van der Waals surface area contributed by atoms with Crippen LogP contribution < -0.4 is 0 Å². The zero-order valence-electron chi connectivity index (χ0n) is 3.64. The van der Waals surface area contributed by atoms with E-state index in [4.69, 9.17) is 11.2 Å². The molecule has 0 radical (unpaired) electrons. The fourth-order valence-electron chi connectivity index (χ4n) is 0.0745. The minimum atomic E-state index is -0.271. The largest absolute Gasteiger partial charge is 0.111 e. The highest BCUT2D eigenvalue weighted by Crippen LogP contribution is 2.62. The molecule has 0 aliphatic rings. The first-order valence-electron chi connectivity index (χ1n) is 1.35. The molecule has 0 amide bonds. The first-order chi connectivity index (χ1) is 2.81. The molecule has 0 aromatic carbocycles. The number of hydrogen-bond acceptors (Lipinski definition) is 2. The molecule has 0 aliphatic carbocycles. The average molecular weight is 161 g/mol. The molecule has 0 atom stereocenters. The molecular formula is C2H6ClPS2. The van der Waals surface area contributed by atoms with Crippen LogP contribution in [0.3, 0.4) is 0 Å². The van der Waals surface area contributed by atoms with Gasteiger partial charge in [-0.05, 0) is 12.5 Å². The van der Waals surface area contributed by atoms with Crippen LogP contribution in [-0.2, 0) is 0 Å². The van der Waals surface area contributed by atoms with Crippen LogP contribution in [0.5, 0.6) is 0 Å². The highest BCUT2D eigenvalue weighted by atomic mass is 35.7. The molecule has 0 saturated heterocycles. The van der Waals surface area contributed by atoms with Gasteiger partial charge in [-0.2, -0.15) is 0 Å². The van der Waals surface area contributed by atoms with Gasteiger partial charge in [0.1, 0.15) is 5.68 Å². The second-order valence-electron chi connectivity index (χ2n) is 0.578. The van der Waals surface area contributed by atoms with Crippen LogP contribution in [0.2, 0.25) is 0 Å². The van der Waals surface area contributed by atoms with Crippen molar-refractivity contribution in [3.63, 3.8) is 0 Å². The van der Waals surface area contributed by atoms with Crippen LogP contribution in [0.15, 0.2) is 0 Å². The van der Waals surface area contributed by atoms with Gasteiger partial charge in [0.25, 0.3) is 0 Å². The van der Waals surface area contributed by atoms with Gasteiger partial charge < -0.3 is 0 Å². The van der Waals surface area contributed by atoms with Gasteiger partial charge in [0.2, 0.25) is 0 Å². The molecule has 0 unspecified atom stereocenters. The van der Waals surface area contributed by atoms with E-state index in [0.29, 0.717) is 0 Å². The molecule has 38 valence electrons. The smallest absolute Gasteiger partial charge is 0.109 e. The SMILES string of the molecule is CSP(Cl)SC. The summed E-state index contributed by atoms with van der Waals surface area (Å²) < 4.78 is 0. The highest BCUT2D eigenvalue weighted by Gasteiger charge is 1.93. The molecular weight excluding hydrogens is 155 g/mol. The Morgan fingerprint density at radius 2 is 1.67 bits per heavy atom. The van der Waals surface area contributed by atoms with E-state index in [1.165, 1.54) is 0 Å². The quantitative estimate of drug-likeness (QED) is 0.569. The predicted molar refractivity (Wildman–Crippen MR) is 39.8 cm³/mol. The summed E-state index contributed by atoms with van der Waals surface area (Å²) in [6.45, 7) is 0. The zero-order valence-corrected chi connectivity index (χ0v) is 6.93. The highest BCUT2D eigenvalue weighted by molar-refractivity contribution is 8.94. The van der Waals surface area contributed by atoms with Gasteiger partial charge in [-0.1, -0.05) is 11.2 Å². The Hall–Kier alpha value is 1.42. The minimum absolute atomic E-state index is 0.271. The van der Waals surface area contributed by atoms with Crippen LogP contribution in [-0.4, -0.2) is 12.5 Å². The third kappa shape index (κ3) is 3.60. The Kier molecular flexibility index (Phi) is 5.66. The lowest BCUT2D eigenvalue weighted by atomic mass is 12.0. The first kappa shape index (κ1) is 7.42. The van der Waals surface area contributed by atoms with Crippen LogP contribution >= 0.6 is 39.7 Å². The summed E-state index contributed by atoms with van der Waals surface area (Å²) in [6, 6.07) is 0. The molecule has 0 aromatic heterocycles. The molecule has 0 N–H and O–H groups in total. The van der Waals surface area contributed by atoms with Gasteiger partial charge >= 0.3 is 0 Å². The van der Waals surface area contributed by atoms with Crippen LogP contribution in [0.25, 0.3) is 0 Å². The maximum atomic E-state index is 5.64. The van der Waals surface area contributed by atoms with Gasteiger partial charge in [-0.3, -0.25) is 0 Å². The Bertz CT molecular complexity index is 30.7. The summed E-state index contributed by atoms with van der Waals surface area (Å²) in [5.41, 5.74) is -0.271. The molecule has 4 heteroatoms. The standard InChI is InChI=1S/C2H6ClPS2/c1-5-4(3)6-2/h1-2H3. The Labute approximate surface area is 52.4 Å². The summed E-state index contributed by atoms with van der Waals surface area (Å²) in [6.07, 6.45) is 4.05. The maximum absolute atomic E-state index is 5.64. The third-order valence-corrected chi connectivity index (χ3v) is 7.75. The Morgan fingerprint density at radius 3 is 1.67 bits per heavy atom. The summed E-state index contributed by atoms with van der Waals surface area (Å²) >= 11 is 9.08. The average Bonchev–Trinajstić information content (AvgIpc) is 1.65. The van der Waals surface area contributed by atoms with Crippen molar-refractivity contribution in [2.24, 2.45) is 0 Å². The fraction of sp³-hybridized carbons (Fsp3) is 1.00. The monoisotopic (exact) mass is 160 g/mol. The second kappa shape index (κ2) is 4.58. The van der Waals surface area contributed by atoms with Gasteiger partial charge in [0.05, 0.1) is 0 Å². The molecule has 0 fully saturated rings. The summed E-state index contributed by atoms with van der Waals surface area (Å²) in [5, 5.41) is 0. The van der Waals surface area contributed by atoms with Crippen LogP contribution in [0, 0.1) is 0 Å². The van der Waals surface area contributed by atoms with Crippen molar-refractivity contribution in [1.29, 1.82) is 0 Å². The van der Waals surface area contributed by atoms with Gasteiger partial charge in [-0.25, -0.2) is 0 Å². The molecule has 0 bridgehead atoms. The summed E-state index contributed by atoms with van der Waals surface area (Å²) in [5.74, 6) is 0. The molecule has 0 rings (SSSR count). The number of hydrogen-bond donors (Lipinski definition) is 0. The van der Waals surface area contributed by atoms with Crippen molar-refractivity contribution >= 4 is 39.7 Å². The Morgan fingerprint density at radius 1 is 1.33 bits per heavy atom. The Balaban J connectivity index is 2.75. The van der Waals surface area contributed by atoms with E-state index in [1.807, 2.05) is 12.5 Å². The molecule has 0 heterocycles. The normalized spacial score (nSPS) is 10.0. The predicted octanol–water partition coefficient (Wildman–Crippen LogP) is 3.18.